The Balaban J connectivity index is 1.22. The van der Waals surface area contributed by atoms with Crippen LogP contribution in [0.15, 0.2) is 188 Å². The van der Waals surface area contributed by atoms with Gasteiger partial charge in [-0.25, -0.2) is 0 Å². The van der Waals surface area contributed by atoms with E-state index in [0.717, 1.165) is 11.4 Å². The summed E-state index contributed by atoms with van der Waals surface area (Å²) in [6, 6.07) is 68.8. The van der Waals surface area contributed by atoms with Gasteiger partial charge in [-0.15, -0.1) is 11.3 Å². The van der Waals surface area contributed by atoms with Crippen LogP contribution in [0.4, 0.5) is 17.1 Å². The maximum atomic E-state index is 2.46. The van der Waals surface area contributed by atoms with E-state index in [4.69, 9.17) is 0 Å². The lowest BCUT2D eigenvalue weighted by molar-refractivity contribution is 1.30. The lowest BCUT2D eigenvalue weighted by Crippen LogP contribution is -2.10. The fraction of sp³-hybridized carbons (Fsp3) is 0. The highest BCUT2D eigenvalue weighted by molar-refractivity contribution is 7.26. The third-order valence-corrected chi connectivity index (χ3v) is 11.2. The SMILES string of the molecule is c1cc(-c2cccc3ccccc23)cc(N(c2cccc(-c3cc4ccccc4c4ccccc34)c2)c2cccc3c2sc2ccccc23)c1. The van der Waals surface area contributed by atoms with Crippen LogP contribution in [0.25, 0.3) is 74.7 Å². The number of hydrogen-bond donors (Lipinski definition) is 0. The Morgan fingerprint density at radius 1 is 0.340 bits per heavy atom. The first-order valence-corrected chi connectivity index (χ1v) is 17.9. The van der Waals surface area contributed by atoms with Gasteiger partial charge in [-0.3, -0.25) is 0 Å². The van der Waals surface area contributed by atoms with E-state index in [2.05, 4.69) is 193 Å². The maximum Gasteiger partial charge on any atom is 0.0640 e. The van der Waals surface area contributed by atoms with Crippen molar-refractivity contribution < 1.29 is 0 Å². The zero-order chi connectivity index (χ0) is 33.0. The fourth-order valence-corrected chi connectivity index (χ4v) is 8.94. The van der Waals surface area contributed by atoms with Gasteiger partial charge in [-0.05, 0) is 97.0 Å². The minimum atomic E-state index is 1.12. The molecule has 0 amide bonds. The summed E-state index contributed by atoms with van der Waals surface area (Å²) in [5.41, 5.74) is 8.31. The molecule has 0 bridgehead atoms. The van der Waals surface area contributed by atoms with Crippen LogP contribution in [0.2, 0.25) is 0 Å². The summed E-state index contributed by atoms with van der Waals surface area (Å²) in [7, 11) is 0. The molecule has 1 aromatic heterocycles. The molecule has 0 saturated heterocycles. The van der Waals surface area contributed by atoms with Gasteiger partial charge in [0.15, 0.2) is 0 Å². The van der Waals surface area contributed by atoms with Crippen LogP contribution in [-0.2, 0) is 0 Å². The van der Waals surface area contributed by atoms with E-state index in [1.165, 1.54) is 80.4 Å². The van der Waals surface area contributed by atoms with Crippen molar-refractivity contribution in [3.63, 3.8) is 0 Å². The second-order valence-electron chi connectivity index (χ2n) is 12.9. The Hall–Kier alpha value is -6.22. The number of hydrogen-bond acceptors (Lipinski definition) is 2. The molecule has 0 unspecified atom stereocenters. The van der Waals surface area contributed by atoms with Gasteiger partial charge >= 0.3 is 0 Å². The summed E-state index contributed by atoms with van der Waals surface area (Å²) in [5, 5.41) is 10.2. The van der Waals surface area contributed by atoms with Crippen LogP contribution in [0.5, 0.6) is 0 Å². The molecule has 10 aromatic rings. The fourth-order valence-electron chi connectivity index (χ4n) is 7.73. The minimum Gasteiger partial charge on any atom is -0.309 e. The molecule has 2 heteroatoms. The van der Waals surface area contributed by atoms with E-state index in [-0.39, 0.29) is 0 Å². The molecule has 50 heavy (non-hydrogen) atoms. The zero-order valence-corrected chi connectivity index (χ0v) is 28.1. The third-order valence-electron chi connectivity index (χ3n) is 10.0. The van der Waals surface area contributed by atoms with Crippen molar-refractivity contribution in [2.75, 3.05) is 4.90 Å². The Kier molecular flexibility index (Phi) is 6.75. The average Bonchev–Trinajstić information content (AvgIpc) is 3.57. The molecule has 1 heterocycles. The van der Waals surface area contributed by atoms with Crippen LogP contribution in [0, 0.1) is 0 Å². The highest BCUT2D eigenvalue weighted by atomic mass is 32.1. The Labute approximate surface area is 294 Å². The van der Waals surface area contributed by atoms with Gasteiger partial charge in [0.25, 0.3) is 0 Å². The second kappa shape index (κ2) is 11.7. The van der Waals surface area contributed by atoms with Crippen molar-refractivity contribution in [2.24, 2.45) is 0 Å². The summed E-state index contributed by atoms with van der Waals surface area (Å²) in [4.78, 5) is 2.46. The summed E-state index contributed by atoms with van der Waals surface area (Å²) in [5.74, 6) is 0. The summed E-state index contributed by atoms with van der Waals surface area (Å²) >= 11 is 1.87. The monoisotopic (exact) mass is 653 g/mol. The first-order chi connectivity index (χ1) is 24.8. The van der Waals surface area contributed by atoms with Gasteiger partial charge in [-0.1, -0.05) is 146 Å². The molecular formula is C48H31NS. The molecule has 0 radical (unpaired) electrons. The van der Waals surface area contributed by atoms with Gasteiger partial charge in [0.2, 0.25) is 0 Å². The van der Waals surface area contributed by atoms with E-state index >= 15 is 0 Å². The Bertz CT molecular complexity index is 2890. The highest BCUT2D eigenvalue weighted by Crippen LogP contribution is 2.46. The molecule has 9 aromatic carbocycles. The first kappa shape index (κ1) is 28.8. The zero-order valence-electron chi connectivity index (χ0n) is 27.3. The van der Waals surface area contributed by atoms with Crippen molar-refractivity contribution in [2.45, 2.75) is 0 Å². The molecule has 0 spiro atoms. The number of benzene rings is 9. The van der Waals surface area contributed by atoms with E-state index in [1.807, 2.05) is 11.3 Å². The predicted octanol–water partition coefficient (Wildman–Crippen LogP) is 14.3. The van der Waals surface area contributed by atoms with Crippen molar-refractivity contribution in [1.29, 1.82) is 0 Å². The Morgan fingerprint density at radius 2 is 0.900 bits per heavy atom. The molecule has 0 aliphatic rings. The number of anilines is 3. The molecule has 0 saturated carbocycles. The van der Waals surface area contributed by atoms with Gasteiger partial charge in [-0.2, -0.15) is 0 Å². The summed E-state index contributed by atoms with van der Waals surface area (Å²) in [6.45, 7) is 0. The predicted molar refractivity (Wildman–Crippen MR) is 217 cm³/mol. The molecule has 1 nitrogen and oxygen atoms in total. The van der Waals surface area contributed by atoms with Crippen molar-refractivity contribution in [3.05, 3.63) is 188 Å². The molecular weight excluding hydrogens is 623 g/mol. The third kappa shape index (κ3) is 4.69. The average molecular weight is 654 g/mol. The quantitative estimate of drug-likeness (QED) is 0.167. The number of fused-ring (bicyclic) bond motifs is 7. The van der Waals surface area contributed by atoms with Crippen LogP contribution in [0.3, 0.4) is 0 Å². The number of nitrogens with zero attached hydrogens (tertiary/aromatic N) is 1. The van der Waals surface area contributed by atoms with Crippen molar-refractivity contribution in [3.8, 4) is 22.3 Å². The lowest BCUT2D eigenvalue weighted by Gasteiger charge is -2.27. The van der Waals surface area contributed by atoms with E-state index in [1.54, 1.807) is 0 Å². The van der Waals surface area contributed by atoms with Crippen molar-refractivity contribution in [1.82, 2.24) is 0 Å². The minimum absolute atomic E-state index is 1.12. The molecule has 0 atom stereocenters. The van der Waals surface area contributed by atoms with Crippen LogP contribution in [-0.4, -0.2) is 0 Å². The summed E-state index contributed by atoms with van der Waals surface area (Å²) in [6.07, 6.45) is 0. The largest absolute Gasteiger partial charge is 0.309 e. The van der Waals surface area contributed by atoms with E-state index in [0.29, 0.717) is 0 Å². The molecule has 0 aliphatic heterocycles. The Morgan fingerprint density at radius 3 is 1.70 bits per heavy atom. The number of rotatable bonds is 5. The molecule has 234 valence electrons. The standard InChI is InChI=1S/C48H31NS/c1-3-20-38-32(13-1)15-11-25-39(38)33-16-9-18-36(29-33)49(46-27-12-26-44-43-24-7-8-28-47(43)50-48(44)46)37-19-10-17-34(30-37)45-31-35-14-2-4-21-40(35)41-22-5-6-23-42(41)45/h1-31H. The topological polar surface area (TPSA) is 3.24 Å². The lowest BCUT2D eigenvalue weighted by atomic mass is 9.93. The van der Waals surface area contributed by atoms with Gasteiger partial charge in [0.05, 0.1) is 10.4 Å². The number of thiophene rings is 1. The van der Waals surface area contributed by atoms with Crippen LogP contribution < -0.4 is 4.90 Å². The normalized spacial score (nSPS) is 11.6. The summed E-state index contributed by atoms with van der Waals surface area (Å²) < 4.78 is 2.58. The van der Waals surface area contributed by atoms with Gasteiger partial charge < -0.3 is 4.90 Å². The molecule has 0 aliphatic carbocycles. The van der Waals surface area contributed by atoms with E-state index < -0.39 is 0 Å². The van der Waals surface area contributed by atoms with Gasteiger partial charge in [0, 0.05) is 26.8 Å². The smallest absolute Gasteiger partial charge is 0.0640 e. The first-order valence-electron chi connectivity index (χ1n) is 17.1. The van der Waals surface area contributed by atoms with Crippen LogP contribution in [0.1, 0.15) is 0 Å². The van der Waals surface area contributed by atoms with Gasteiger partial charge in [0.1, 0.15) is 0 Å². The molecule has 10 rings (SSSR count). The maximum absolute atomic E-state index is 2.46. The van der Waals surface area contributed by atoms with Crippen LogP contribution >= 0.6 is 11.3 Å². The molecule has 0 N–H and O–H groups in total. The van der Waals surface area contributed by atoms with Crippen molar-refractivity contribution >= 4 is 80.9 Å². The van der Waals surface area contributed by atoms with E-state index in [9.17, 15) is 0 Å². The molecule has 0 fully saturated rings. The highest BCUT2D eigenvalue weighted by Gasteiger charge is 2.20. The second-order valence-corrected chi connectivity index (χ2v) is 14.0.